The molecule has 1 amide bonds. The van der Waals surface area contributed by atoms with E-state index >= 15 is 0 Å². The molecule has 0 atom stereocenters. The van der Waals surface area contributed by atoms with Crippen molar-refractivity contribution in [3.05, 3.63) is 126 Å². The third kappa shape index (κ3) is 5.05. The third-order valence-electron chi connectivity index (χ3n) is 5.75. The lowest BCUT2D eigenvalue weighted by atomic mass is 10.1. The Morgan fingerprint density at radius 1 is 0.917 bits per heavy atom. The van der Waals surface area contributed by atoms with E-state index in [0.29, 0.717) is 28.6 Å². The predicted molar refractivity (Wildman–Crippen MR) is 134 cm³/mol. The molecule has 0 aliphatic heterocycles. The average molecular weight is 482 g/mol. The van der Waals surface area contributed by atoms with Gasteiger partial charge in [-0.15, -0.1) is 0 Å². The van der Waals surface area contributed by atoms with Crippen molar-refractivity contribution < 1.29 is 18.3 Å². The summed E-state index contributed by atoms with van der Waals surface area (Å²) in [6.07, 6.45) is 1.57. The first-order chi connectivity index (χ1) is 17.6. The summed E-state index contributed by atoms with van der Waals surface area (Å²) in [7, 11) is 1.81. The molecule has 5 rings (SSSR count). The van der Waals surface area contributed by atoms with Gasteiger partial charge in [-0.05, 0) is 48.5 Å². The second-order valence-electron chi connectivity index (χ2n) is 8.28. The Kier molecular flexibility index (Phi) is 6.62. The normalized spacial score (nSPS) is 10.8. The Balaban J connectivity index is 1.58. The number of halogens is 1. The zero-order valence-electron chi connectivity index (χ0n) is 19.7. The molecule has 36 heavy (non-hydrogen) atoms. The number of hydrogen-bond acceptors (Lipinski definition) is 4. The molecular formula is C29H24FN3O3. The molecule has 2 heterocycles. The number of carbonyl (C=O) groups is 1. The van der Waals surface area contributed by atoms with Crippen LogP contribution in [-0.4, -0.2) is 20.6 Å². The number of rotatable bonds is 8. The minimum atomic E-state index is -0.402. The van der Waals surface area contributed by atoms with Crippen LogP contribution in [-0.2, 0) is 20.1 Å². The molecule has 7 heteroatoms. The summed E-state index contributed by atoms with van der Waals surface area (Å²) < 4.78 is 27.0. The maximum Gasteiger partial charge on any atom is 0.254 e. The quantitative estimate of drug-likeness (QED) is 0.255. The van der Waals surface area contributed by atoms with Gasteiger partial charge in [0.05, 0.1) is 24.9 Å². The third-order valence-corrected chi connectivity index (χ3v) is 5.75. The van der Waals surface area contributed by atoms with E-state index < -0.39 is 5.82 Å². The van der Waals surface area contributed by atoms with Gasteiger partial charge in [-0.25, -0.2) is 9.07 Å². The van der Waals surface area contributed by atoms with Crippen LogP contribution in [0.3, 0.4) is 0 Å². The van der Waals surface area contributed by atoms with Crippen LogP contribution in [0.2, 0.25) is 0 Å². The number of nitrogens with zero attached hydrogens (tertiary/aromatic N) is 3. The summed E-state index contributed by atoms with van der Waals surface area (Å²) in [5.41, 5.74) is 2.73. The lowest BCUT2D eigenvalue weighted by molar-refractivity contribution is 0.0717. The Bertz CT molecular complexity index is 1430. The molecule has 5 aromatic rings. The van der Waals surface area contributed by atoms with Crippen molar-refractivity contribution in [2.45, 2.75) is 13.1 Å². The summed E-state index contributed by atoms with van der Waals surface area (Å²) in [5.74, 6) is 1.14. The van der Waals surface area contributed by atoms with Gasteiger partial charge in [-0.3, -0.25) is 4.79 Å². The van der Waals surface area contributed by atoms with Crippen LogP contribution in [0.25, 0.3) is 11.3 Å². The maximum absolute atomic E-state index is 13.6. The summed E-state index contributed by atoms with van der Waals surface area (Å²) in [5, 5.41) is 4.75. The highest BCUT2D eigenvalue weighted by Gasteiger charge is 2.26. The standard InChI is InChI=1S/C29H24FN3O3/c1-32-29(36-24-11-6-3-7-12-24)26(27(31-32)21-9-4-2-5-10-21)20-33(19-25-13-8-18-35-25)28(34)22-14-16-23(30)17-15-22/h2-18H,19-20H2,1H3. The fourth-order valence-electron chi connectivity index (χ4n) is 4.01. The number of amides is 1. The van der Waals surface area contributed by atoms with Crippen LogP contribution in [0, 0.1) is 5.82 Å². The predicted octanol–water partition coefficient (Wildman–Crippen LogP) is 6.45. The topological polar surface area (TPSA) is 60.5 Å². The SMILES string of the molecule is Cn1nc(-c2ccccc2)c(CN(Cc2ccco2)C(=O)c2ccc(F)cc2)c1Oc1ccccc1. The fraction of sp³-hybridized carbons (Fsp3) is 0.103. The molecule has 0 N–H and O–H groups in total. The van der Waals surface area contributed by atoms with E-state index in [-0.39, 0.29) is 19.0 Å². The van der Waals surface area contributed by atoms with Gasteiger partial charge in [0.1, 0.15) is 23.0 Å². The highest BCUT2D eigenvalue weighted by molar-refractivity contribution is 5.94. The molecule has 0 radical (unpaired) electrons. The molecule has 6 nitrogen and oxygen atoms in total. The number of aromatic nitrogens is 2. The Morgan fingerprint density at radius 2 is 1.61 bits per heavy atom. The number of ether oxygens (including phenoxy) is 1. The van der Waals surface area contributed by atoms with E-state index in [2.05, 4.69) is 0 Å². The smallest absolute Gasteiger partial charge is 0.254 e. The number of carbonyl (C=O) groups excluding carboxylic acids is 1. The second kappa shape index (κ2) is 10.3. The molecule has 0 saturated heterocycles. The van der Waals surface area contributed by atoms with Gasteiger partial charge >= 0.3 is 0 Å². The Hall–Kier alpha value is -4.65. The molecule has 3 aromatic carbocycles. The molecule has 0 fully saturated rings. The van der Waals surface area contributed by atoms with Crippen LogP contribution in [0.4, 0.5) is 4.39 Å². The van der Waals surface area contributed by atoms with Crippen molar-refractivity contribution in [3.63, 3.8) is 0 Å². The largest absolute Gasteiger partial charge is 0.467 e. The summed E-state index contributed by atoms with van der Waals surface area (Å²) in [6.45, 7) is 0.411. The first-order valence-corrected chi connectivity index (χ1v) is 11.5. The number of benzene rings is 3. The summed E-state index contributed by atoms with van der Waals surface area (Å²) >= 11 is 0. The lowest BCUT2D eigenvalue weighted by Gasteiger charge is -2.23. The molecule has 0 aliphatic carbocycles. The first kappa shape index (κ1) is 23.1. The van der Waals surface area contributed by atoms with Crippen molar-refractivity contribution in [1.29, 1.82) is 0 Å². The molecule has 0 bridgehead atoms. The van der Waals surface area contributed by atoms with Crippen molar-refractivity contribution in [1.82, 2.24) is 14.7 Å². The van der Waals surface area contributed by atoms with E-state index in [0.717, 1.165) is 11.1 Å². The fourth-order valence-corrected chi connectivity index (χ4v) is 4.01. The lowest BCUT2D eigenvalue weighted by Crippen LogP contribution is -2.30. The van der Waals surface area contributed by atoms with E-state index in [1.807, 2.05) is 73.8 Å². The highest BCUT2D eigenvalue weighted by atomic mass is 19.1. The molecule has 2 aromatic heterocycles. The van der Waals surface area contributed by atoms with Gasteiger partial charge in [-0.2, -0.15) is 5.10 Å². The van der Waals surface area contributed by atoms with E-state index in [1.54, 1.807) is 21.9 Å². The number of aryl methyl sites for hydroxylation is 1. The van der Waals surface area contributed by atoms with Gasteiger partial charge < -0.3 is 14.1 Å². The van der Waals surface area contributed by atoms with Crippen LogP contribution in [0.5, 0.6) is 11.6 Å². The maximum atomic E-state index is 13.6. The van der Waals surface area contributed by atoms with Crippen LogP contribution >= 0.6 is 0 Å². The molecular weight excluding hydrogens is 457 g/mol. The van der Waals surface area contributed by atoms with E-state index in [9.17, 15) is 9.18 Å². The number of hydrogen-bond donors (Lipinski definition) is 0. The van der Waals surface area contributed by atoms with E-state index in [1.165, 1.54) is 24.3 Å². The number of furan rings is 1. The van der Waals surface area contributed by atoms with Gasteiger partial charge in [0, 0.05) is 18.2 Å². The number of para-hydroxylation sites is 1. The monoisotopic (exact) mass is 481 g/mol. The first-order valence-electron chi connectivity index (χ1n) is 11.5. The summed E-state index contributed by atoms with van der Waals surface area (Å²) in [4.78, 5) is 15.3. The highest BCUT2D eigenvalue weighted by Crippen LogP contribution is 2.34. The molecule has 0 saturated carbocycles. The molecule has 0 aliphatic rings. The zero-order valence-corrected chi connectivity index (χ0v) is 19.7. The summed E-state index contributed by atoms with van der Waals surface area (Å²) in [6, 6.07) is 28.3. The Labute approximate surface area is 208 Å². The van der Waals surface area contributed by atoms with Gasteiger partial charge in [-0.1, -0.05) is 48.5 Å². The minimum Gasteiger partial charge on any atom is -0.467 e. The van der Waals surface area contributed by atoms with Crippen molar-refractivity contribution in [2.75, 3.05) is 0 Å². The minimum absolute atomic E-state index is 0.192. The molecule has 0 unspecified atom stereocenters. The Morgan fingerprint density at radius 3 is 2.28 bits per heavy atom. The molecule has 180 valence electrons. The average Bonchev–Trinajstić information content (AvgIpc) is 3.53. The zero-order chi connectivity index (χ0) is 24.9. The van der Waals surface area contributed by atoms with Crippen molar-refractivity contribution in [2.24, 2.45) is 7.05 Å². The van der Waals surface area contributed by atoms with Crippen LogP contribution in [0.15, 0.2) is 108 Å². The van der Waals surface area contributed by atoms with Gasteiger partial charge in [0.25, 0.3) is 5.91 Å². The van der Waals surface area contributed by atoms with Gasteiger partial charge in [0.2, 0.25) is 5.88 Å². The van der Waals surface area contributed by atoms with E-state index in [4.69, 9.17) is 14.3 Å². The van der Waals surface area contributed by atoms with Crippen LogP contribution in [0.1, 0.15) is 21.7 Å². The molecule has 0 spiro atoms. The van der Waals surface area contributed by atoms with Gasteiger partial charge in [0.15, 0.2) is 0 Å². The van der Waals surface area contributed by atoms with Crippen molar-refractivity contribution >= 4 is 5.91 Å². The van der Waals surface area contributed by atoms with Crippen LogP contribution < -0.4 is 4.74 Å². The van der Waals surface area contributed by atoms with Crippen molar-refractivity contribution in [3.8, 4) is 22.9 Å². The second-order valence-corrected chi connectivity index (χ2v) is 8.28.